The first kappa shape index (κ1) is 35.4. The van der Waals surface area contributed by atoms with E-state index in [2.05, 4.69) is 0 Å². The minimum atomic E-state index is -4.63. The van der Waals surface area contributed by atoms with Crippen LogP contribution in [0.4, 0.5) is 11.4 Å². The molecule has 0 fully saturated rings. The van der Waals surface area contributed by atoms with E-state index in [0.29, 0.717) is 16.9 Å². The van der Waals surface area contributed by atoms with Gasteiger partial charge in [0.25, 0.3) is 30.4 Å². The standard InChI is InChI=1S/C30H36N2O11S3/c1-29(2)22-9-4-5-10-24(22)31(15-7-17-44(35,36)37)26(29)11-6-12-27-30(3,20-46(41,42)43)23-19-21(28(33)34)13-14-25(23)32(27)16-8-18-45(38,39)40/h4-6,9-14,19H,7-8,15-18,20H2,1-3H3,(H3-,33,34,35,36,37,38,39,40,41,42,43)/p+1. The van der Waals surface area contributed by atoms with Gasteiger partial charge in [0.15, 0.2) is 5.71 Å². The van der Waals surface area contributed by atoms with Gasteiger partial charge in [0.1, 0.15) is 6.54 Å². The smallest absolute Gasteiger partial charge is 0.335 e. The Hall–Kier alpha value is -3.41. The highest BCUT2D eigenvalue weighted by Gasteiger charge is 2.47. The van der Waals surface area contributed by atoms with Gasteiger partial charge < -0.3 is 10.0 Å². The van der Waals surface area contributed by atoms with Crippen LogP contribution in [-0.4, -0.2) is 90.6 Å². The van der Waals surface area contributed by atoms with Crippen molar-refractivity contribution in [1.82, 2.24) is 0 Å². The zero-order valence-corrected chi connectivity index (χ0v) is 27.9. The zero-order valence-electron chi connectivity index (χ0n) is 25.5. The SMILES string of the molecule is CC1(C)C(C=CC=C2N(CCCS(=O)(=O)O)c3ccc(C(=O)O)cc3C2(C)CS(=O)(=O)O)=[N+](CCCS(=O)(=O)O)c2ccccc21. The molecule has 1 unspecified atom stereocenters. The molecule has 4 rings (SSSR count). The number of carbonyl (C=O) groups is 1. The highest BCUT2D eigenvalue weighted by molar-refractivity contribution is 7.86. The Morgan fingerprint density at radius 1 is 0.870 bits per heavy atom. The minimum absolute atomic E-state index is 0.00914. The van der Waals surface area contributed by atoms with Gasteiger partial charge in [0.05, 0.1) is 33.7 Å². The monoisotopic (exact) mass is 697 g/mol. The fourth-order valence-electron chi connectivity index (χ4n) is 6.37. The third kappa shape index (κ3) is 7.75. The molecule has 4 N–H and O–H groups in total. The topological polar surface area (TPSA) is 207 Å². The summed E-state index contributed by atoms with van der Waals surface area (Å²) in [5, 5.41) is 9.64. The lowest BCUT2D eigenvalue weighted by Gasteiger charge is -2.29. The third-order valence-corrected chi connectivity index (χ3v) is 10.9. The van der Waals surface area contributed by atoms with E-state index in [4.69, 9.17) is 0 Å². The Bertz CT molecular complexity index is 1980. The molecule has 2 aromatic rings. The van der Waals surface area contributed by atoms with Crippen LogP contribution in [0.1, 0.15) is 55.1 Å². The zero-order chi connectivity index (χ0) is 34.3. The molecule has 0 amide bonds. The number of allylic oxidation sites excluding steroid dienone is 4. The van der Waals surface area contributed by atoms with E-state index in [1.54, 1.807) is 23.1 Å². The van der Waals surface area contributed by atoms with Crippen molar-refractivity contribution in [3.8, 4) is 0 Å². The number of hydrogen-bond donors (Lipinski definition) is 4. The maximum absolute atomic E-state index is 12.3. The van der Waals surface area contributed by atoms with E-state index in [9.17, 15) is 48.8 Å². The lowest BCUT2D eigenvalue weighted by molar-refractivity contribution is -0.437. The number of rotatable bonds is 13. The first-order chi connectivity index (χ1) is 21.1. The van der Waals surface area contributed by atoms with Crippen LogP contribution in [0.5, 0.6) is 0 Å². The summed E-state index contributed by atoms with van der Waals surface area (Å²) in [5.41, 5.74) is 1.52. The molecule has 2 heterocycles. The Kier molecular flexibility index (Phi) is 9.75. The number of fused-ring (bicyclic) bond motifs is 2. The summed E-state index contributed by atoms with van der Waals surface area (Å²) < 4.78 is 101. The molecule has 0 aliphatic carbocycles. The summed E-state index contributed by atoms with van der Waals surface area (Å²) in [5.74, 6) is -3.07. The highest BCUT2D eigenvalue weighted by atomic mass is 32.2. The van der Waals surface area contributed by atoms with E-state index >= 15 is 0 Å². The van der Waals surface area contributed by atoms with Crippen molar-refractivity contribution in [3.63, 3.8) is 0 Å². The molecule has 2 aromatic carbocycles. The van der Waals surface area contributed by atoms with Crippen molar-refractivity contribution in [2.24, 2.45) is 0 Å². The molecule has 0 bridgehead atoms. The first-order valence-corrected chi connectivity index (χ1v) is 19.1. The number of para-hydroxylation sites is 1. The quantitative estimate of drug-likeness (QED) is 0.175. The number of nitrogens with zero attached hydrogens (tertiary/aromatic N) is 2. The molecular formula is C30H37N2O11S3+. The predicted molar refractivity (Wildman–Crippen MR) is 173 cm³/mol. The van der Waals surface area contributed by atoms with Crippen molar-refractivity contribution < 1.29 is 53.4 Å². The second-order valence-corrected chi connectivity index (χ2v) is 16.7. The third-order valence-electron chi connectivity index (χ3n) is 8.33. The molecule has 0 saturated heterocycles. The largest absolute Gasteiger partial charge is 0.478 e. The molecule has 0 radical (unpaired) electrons. The lowest BCUT2D eigenvalue weighted by atomic mass is 9.81. The van der Waals surface area contributed by atoms with Gasteiger partial charge in [-0.3, -0.25) is 13.7 Å². The molecule has 16 heteroatoms. The molecule has 1 atom stereocenters. The summed E-state index contributed by atoms with van der Waals surface area (Å²) in [4.78, 5) is 13.5. The number of anilines is 1. The fourth-order valence-corrected chi connectivity index (χ4v) is 8.39. The van der Waals surface area contributed by atoms with Crippen molar-refractivity contribution in [3.05, 3.63) is 83.1 Å². The number of hydrogen-bond acceptors (Lipinski definition) is 8. The Morgan fingerprint density at radius 2 is 1.50 bits per heavy atom. The average molecular weight is 698 g/mol. The van der Waals surface area contributed by atoms with Crippen LogP contribution in [0.3, 0.4) is 0 Å². The maximum Gasteiger partial charge on any atom is 0.335 e. The van der Waals surface area contributed by atoms with E-state index in [-0.39, 0.29) is 31.5 Å². The van der Waals surface area contributed by atoms with E-state index < -0.39 is 64.4 Å². The molecular weight excluding hydrogens is 661 g/mol. The van der Waals surface area contributed by atoms with Crippen molar-refractivity contribution in [2.75, 3.05) is 35.2 Å². The van der Waals surface area contributed by atoms with Crippen LogP contribution in [0.25, 0.3) is 0 Å². The average Bonchev–Trinajstić information content (AvgIpc) is 3.26. The summed E-state index contributed by atoms with van der Waals surface area (Å²) in [7, 11) is -13.1. The van der Waals surface area contributed by atoms with Crippen molar-refractivity contribution in [1.29, 1.82) is 0 Å². The van der Waals surface area contributed by atoms with Crippen LogP contribution >= 0.6 is 0 Å². The molecule has 46 heavy (non-hydrogen) atoms. The van der Waals surface area contributed by atoms with Gasteiger partial charge in [-0.15, -0.1) is 0 Å². The van der Waals surface area contributed by atoms with Crippen LogP contribution < -0.4 is 4.90 Å². The van der Waals surface area contributed by atoms with Gasteiger partial charge in [-0.2, -0.15) is 29.8 Å². The summed E-state index contributed by atoms with van der Waals surface area (Å²) in [6, 6.07) is 11.7. The number of benzene rings is 2. The van der Waals surface area contributed by atoms with Crippen molar-refractivity contribution >= 4 is 53.4 Å². The fraction of sp³-hybridized carbons (Fsp3) is 0.400. The van der Waals surface area contributed by atoms with Crippen LogP contribution in [0, 0.1) is 0 Å². The maximum atomic E-state index is 12.3. The van der Waals surface area contributed by atoms with Gasteiger partial charge >= 0.3 is 5.97 Å². The summed E-state index contributed by atoms with van der Waals surface area (Å²) in [6.45, 7) is 5.80. The van der Waals surface area contributed by atoms with Gasteiger partial charge in [0, 0.05) is 42.1 Å². The number of carboxylic acid groups (broad SMARTS) is 1. The molecule has 2 aliphatic rings. The molecule has 2 aliphatic heterocycles. The molecule has 250 valence electrons. The van der Waals surface area contributed by atoms with Crippen LogP contribution in [-0.2, 0) is 41.2 Å². The minimum Gasteiger partial charge on any atom is -0.478 e. The van der Waals surface area contributed by atoms with Crippen LogP contribution in [0.15, 0.2) is 66.4 Å². The Balaban J connectivity index is 1.86. The molecule has 0 aromatic heterocycles. The normalized spacial score (nSPS) is 20.5. The second-order valence-electron chi connectivity index (χ2n) is 12.1. The summed E-state index contributed by atoms with van der Waals surface area (Å²) in [6.07, 6.45) is 5.15. The summed E-state index contributed by atoms with van der Waals surface area (Å²) >= 11 is 0. The van der Waals surface area contributed by atoms with Gasteiger partial charge in [0.2, 0.25) is 5.69 Å². The van der Waals surface area contributed by atoms with E-state index in [1.807, 2.05) is 42.7 Å². The first-order valence-electron chi connectivity index (χ1n) is 14.3. The van der Waals surface area contributed by atoms with Gasteiger partial charge in [-0.1, -0.05) is 24.3 Å². The lowest BCUT2D eigenvalue weighted by Crippen LogP contribution is -2.35. The molecule has 13 nitrogen and oxygen atoms in total. The van der Waals surface area contributed by atoms with Gasteiger partial charge in [-0.25, -0.2) is 4.79 Å². The Labute approximate surface area is 268 Å². The Morgan fingerprint density at radius 3 is 2.11 bits per heavy atom. The van der Waals surface area contributed by atoms with E-state index in [0.717, 1.165) is 17.0 Å². The second kappa shape index (κ2) is 12.7. The van der Waals surface area contributed by atoms with Crippen molar-refractivity contribution in [2.45, 2.75) is 44.4 Å². The molecule has 0 saturated carbocycles. The predicted octanol–water partition coefficient (Wildman–Crippen LogP) is 3.42. The van der Waals surface area contributed by atoms with E-state index in [1.165, 1.54) is 25.1 Å². The number of aromatic carboxylic acids is 1. The number of carboxylic acids is 1. The molecule has 0 spiro atoms. The highest BCUT2D eigenvalue weighted by Crippen LogP contribution is 2.49. The van der Waals surface area contributed by atoms with Gasteiger partial charge in [-0.05, 0) is 57.0 Å². The van der Waals surface area contributed by atoms with Crippen LogP contribution in [0.2, 0.25) is 0 Å².